The Morgan fingerprint density at radius 3 is 2.48 bits per heavy atom. The van der Waals surface area contributed by atoms with Crippen molar-refractivity contribution in [2.75, 3.05) is 12.3 Å². The van der Waals surface area contributed by atoms with Gasteiger partial charge in [-0.2, -0.15) is 18.3 Å². The van der Waals surface area contributed by atoms with Crippen LogP contribution in [0.25, 0.3) is 11.3 Å². The number of aromatic nitrogens is 3. The lowest BCUT2D eigenvalue weighted by molar-refractivity contribution is -0.137. The monoisotopic (exact) mass is 433 g/mol. The molecule has 9 heteroatoms. The highest BCUT2D eigenvalue weighted by Crippen LogP contribution is 2.64. The molecular formula is C22H26F3N5O. The summed E-state index contributed by atoms with van der Waals surface area (Å²) < 4.78 is 41.7. The van der Waals surface area contributed by atoms with Crippen LogP contribution in [0.1, 0.15) is 62.7 Å². The summed E-state index contributed by atoms with van der Waals surface area (Å²) in [4.78, 5) is 17.9. The van der Waals surface area contributed by atoms with Crippen molar-refractivity contribution in [2.45, 2.75) is 63.7 Å². The van der Waals surface area contributed by atoms with E-state index in [0.29, 0.717) is 41.5 Å². The summed E-state index contributed by atoms with van der Waals surface area (Å²) >= 11 is 0. The van der Waals surface area contributed by atoms with Gasteiger partial charge in [-0.3, -0.25) is 9.48 Å². The van der Waals surface area contributed by atoms with E-state index in [1.54, 1.807) is 0 Å². The molecule has 2 N–H and O–H groups in total. The molecule has 31 heavy (non-hydrogen) atoms. The third-order valence-electron chi connectivity index (χ3n) is 7.09. The largest absolute Gasteiger partial charge is 0.419 e. The van der Waals surface area contributed by atoms with E-state index in [0.717, 1.165) is 37.6 Å². The van der Waals surface area contributed by atoms with Crippen molar-refractivity contribution in [2.24, 2.45) is 11.8 Å². The molecule has 6 nitrogen and oxygen atoms in total. The highest BCUT2D eigenvalue weighted by molar-refractivity contribution is 5.78. The minimum Gasteiger partial charge on any atom is -0.383 e. The van der Waals surface area contributed by atoms with Gasteiger partial charge < -0.3 is 10.6 Å². The van der Waals surface area contributed by atoms with Crippen LogP contribution in [-0.4, -0.2) is 38.2 Å². The second kappa shape index (κ2) is 6.97. The van der Waals surface area contributed by atoms with Crippen LogP contribution in [-0.2, 0) is 11.0 Å². The Balaban J connectivity index is 1.41. The van der Waals surface area contributed by atoms with Crippen molar-refractivity contribution >= 4 is 11.7 Å². The number of alkyl halides is 3. The van der Waals surface area contributed by atoms with Gasteiger partial charge in [0.05, 0.1) is 11.3 Å². The zero-order chi connectivity index (χ0) is 22.1. The molecule has 1 aliphatic heterocycles. The van der Waals surface area contributed by atoms with E-state index in [2.05, 4.69) is 10.1 Å². The average Bonchev–Trinajstić information content (AvgIpc) is 3.13. The van der Waals surface area contributed by atoms with Gasteiger partial charge >= 0.3 is 6.18 Å². The van der Waals surface area contributed by atoms with Crippen LogP contribution in [0.15, 0.2) is 18.3 Å². The molecule has 2 aromatic heterocycles. The van der Waals surface area contributed by atoms with Crippen molar-refractivity contribution in [3.05, 3.63) is 29.6 Å². The summed E-state index contributed by atoms with van der Waals surface area (Å²) in [5.74, 6) is 1.11. The summed E-state index contributed by atoms with van der Waals surface area (Å²) in [6, 6.07) is 3.37. The average molecular weight is 433 g/mol. The van der Waals surface area contributed by atoms with Crippen LogP contribution in [0.3, 0.4) is 0 Å². The molecule has 3 fully saturated rings. The molecule has 2 saturated carbocycles. The number of nitrogen functional groups attached to an aromatic ring is 1. The van der Waals surface area contributed by atoms with Crippen LogP contribution in [0, 0.1) is 11.8 Å². The van der Waals surface area contributed by atoms with Crippen LogP contribution in [0.2, 0.25) is 0 Å². The minimum absolute atomic E-state index is 0.0878. The highest BCUT2D eigenvalue weighted by atomic mass is 19.4. The SMILES string of the molecule is CC(C)n1nc(-c2cnc(N)c(C(F)(F)F)c2)cc1[C@H]1[C@@H]2CC(N3CCCC3=O)C[C@@H]21. The number of nitrogens with two attached hydrogens (primary N) is 1. The van der Waals surface area contributed by atoms with E-state index in [9.17, 15) is 18.0 Å². The fourth-order valence-electron chi connectivity index (χ4n) is 5.62. The number of likely N-dealkylation sites (tertiary alicyclic amines) is 1. The summed E-state index contributed by atoms with van der Waals surface area (Å²) in [7, 11) is 0. The van der Waals surface area contributed by atoms with Gasteiger partial charge in [0.1, 0.15) is 5.82 Å². The van der Waals surface area contributed by atoms with Gasteiger partial charge in [-0.15, -0.1) is 0 Å². The predicted molar refractivity (Wildman–Crippen MR) is 109 cm³/mol. The van der Waals surface area contributed by atoms with Crippen molar-refractivity contribution in [3.8, 4) is 11.3 Å². The van der Waals surface area contributed by atoms with Gasteiger partial charge in [-0.05, 0) is 57.1 Å². The molecule has 1 amide bonds. The minimum atomic E-state index is -4.56. The number of halogens is 3. The third-order valence-corrected chi connectivity index (χ3v) is 7.09. The maximum absolute atomic E-state index is 13.3. The van der Waals surface area contributed by atoms with Gasteiger partial charge in [-0.1, -0.05) is 0 Å². The first kappa shape index (κ1) is 20.3. The molecule has 4 atom stereocenters. The van der Waals surface area contributed by atoms with Gasteiger partial charge in [0.15, 0.2) is 0 Å². The molecule has 2 aromatic rings. The van der Waals surface area contributed by atoms with Crippen LogP contribution >= 0.6 is 0 Å². The first-order valence-corrected chi connectivity index (χ1v) is 10.9. The standard InChI is InChI=1S/C22H26F3N5O/c1-11(2)30-18(20-14-7-13(8-15(14)20)29-5-3-4-19(29)31)9-17(28-30)12-6-16(22(23,24)25)21(26)27-10-12/h6,9-11,13-15,20H,3-5,7-8H2,1-2H3,(H2,26,27)/t13?,14-,15+,20+. The van der Waals surface area contributed by atoms with Crippen molar-refractivity contribution < 1.29 is 18.0 Å². The number of carbonyl (C=O) groups excluding carboxylic acids is 1. The van der Waals surface area contributed by atoms with Gasteiger partial charge in [0.2, 0.25) is 5.91 Å². The molecule has 0 aromatic carbocycles. The number of hydrogen-bond acceptors (Lipinski definition) is 4. The lowest BCUT2D eigenvalue weighted by Gasteiger charge is -2.26. The third kappa shape index (κ3) is 3.38. The molecule has 1 unspecified atom stereocenters. The number of rotatable bonds is 4. The topological polar surface area (TPSA) is 77.0 Å². The Labute approximate surface area is 178 Å². The molecule has 3 aliphatic rings. The first-order valence-electron chi connectivity index (χ1n) is 10.9. The second-order valence-corrected chi connectivity index (χ2v) is 9.32. The number of fused-ring (bicyclic) bond motifs is 1. The Kier molecular flexibility index (Phi) is 4.57. The molecule has 5 rings (SSSR count). The molecule has 1 saturated heterocycles. The number of nitrogens with zero attached hydrogens (tertiary/aromatic N) is 4. The van der Waals surface area contributed by atoms with Gasteiger partial charge in [0.25, 0.3) is 0 Å². The van der Waals surface area contributed by atoms with Crippen LogP contribution in [0.5, 0.6) is 0 Å². The highest BCUT2D eigenvalue weighted by Gasteiger charge is 2.59. The molecular weight excluding hydrogens is 407 g/mol. The Hall–Kier alpha value is -2.58. The Bertz CT molecular complexity index is 1020. The summed E-state index contributed by atoms with van der Waals surface area (Å²) in [5, 5.41) is 4.63. The zero-order valence-corrected chi connectivity index (χ0v) is 17.6. The fourth-order valence-corrected chi connectivity index (χ4v) is 5.62. The molecule has 0 bridgehead atoms. The lowest BCUT2D eigenvalue weighted by Crippen LogP contribution is -2.35. The van der Waals surface area contributed by atoms with E-state index in [4.69, 9.17) is 5.73 Å². The predicted octanol–water partition coefficient (Wildman–Crippen LogP) is 4.24. The number of pyridine rings is 1. The van der Waals surface area contributed by atoms with E-state index >= 15 is 0 Å². The van der Waals surface area contributed by atoms with E-state index in [1.807, 2.05) is 29.5 Å². The van der Waals surface area contributed by atoms with Crippen molar-refractivity contribution in [3.63, 3.8) is 0 Å². The quantitative estimate of drug-likeness (QED) is 0.782. The second-order valence-electron chi connectivity index (χ2n) is 9.32. The maximum atomic E-state index is 13.3. The van der Waals surface area contributed by atoms with Gasteiger partial charge in [0, 0.05) is 48.4 Å². The summed E-state index contributed by atoms with van der Waals surface area (Å²) in [5.41, 5.74) is 6.37. The van der Waals surface area contributed by atoms with E-state index in [-0.39, 0.29) is 11.9 Å². The smallest absolute Gasteiger partial charge is 0.383 e. The number of hydrogen-bond donors (Lipinski definition) is 1. The fraction of sp³-hybridized carbons (Fsp3) is 0.591. The summed E-state index contributed by atoms with van der Waals surface area (Å²) in [6.45, 7) is 4.91. The molecule has 166 valence electrons. The number of anilines is 1. The zero-order valence-electron chi connectivity index (χ0n) is 17.6. The molecule has 2 aliphatic carbocycles. The van der Waals surface area contributed by atoms with Gasteiger partial charge in [-0.25, -0.2) is 4.98 Å². The van der Waals surface area contributed by atoms with Crippen molar-refractivity contribution in [1.29, 1.82) is 0 Å². The summed E-state index contributed by atoms with van der Waals surface area (Å²) in [6.07, 6.45) is 0.403. The molecule has 0 spiro atoms. The lowest BCUT2D eigenvalue weighted by atomic mass is 10.0. The Morgan fingerprint density at radius 1 is 1.19 bits per heavy atom. The van der Waals surface area contributed by atoms with Crippen LogP contribution < -0.4 is 5.73 Å². The normalized spacial score (nSPS) is 27.9. The number of amides is 1. The van der Waals surface area contributed by atoms with E-state index < -0.39 is 17.6 Å². The number of carbonyl (C=O) groups is 1. The molecule has 3 heterocycles. The first-order chi connectivity index (χ1) is 14.6. The van der Waals surface area contributed by atoms with Crippen LogP contribution in [0.4, 0.5) is 19.0 Å². The van der Waals surface area contributed by atoms with Crippen molar-refractivity contribution in [1.82, 2.24) is 19.7 Å². The Morgan fingerprint density at radius 2 is 1.90 bits per heavy atom. The van der Waals surface area contributed by atoms with E-state index in [1.165, 1.54) is 6.20 Å². The molecule has 0 radical (unpaired) electrons. The maximum Gasteiger partial charge on any atom is 0.419 e.